The first-order valence-electron chi connectivity index (χ1n) is 9.28. The maximum atomic E-state index is 9.94. The molecule has 0 saturated heterocycles. The lowest BCUT2D eigenvalue weighted by Crippen LogP contribution is -2.31. The van der Waals surface area contributed by atoms with E-state index in [1.165, 1.54) is 16.7 Å². The van der Waals surface area contributed by atoms with E-state index in [1.54, 1.807) is 0 Å². The lowest BCUT2D eigenvalue weighted by Gasteiger charge is -2.27. The molecule has 2 heteroatoms. The minimum absolute atomic E-state index is 0.203. The van der Waals surface area contributed by atoms with Gasteiger partial charge in [-0.3, -0.25) is 4.90 Å². The Morgan fingerprint density at radius 1 is 0.615 bits per heavy atom. The van der Waals surface area contributed by atoms with E-state index in [0.29, 0.717) is 0 Å². The Balaban J connectivity index is 1.70. The zero-order chi connectivity index (χ0) is 18.0. The van der Waals surface area contributed by atoms with E-state index in [1.807, 2.05) is 6.07 Å². The van der Waals surface area contributed by atoms with Gasteiger partial charge in [-0.2, -0.15) is 0 Å². The van der Waals surface area contributed by atoms with Crippen molar-refractivity contribution in [2.45, 2.75) is 19.5 Å². The number of rotatable bonds is 9. The predicted octanol–water partition coefficient (Wildman–Crippen LogP) is 4.54. The highest BCUT2D eigenvalue weighted by Crippen LogP contribution is 2.15. The second-order valence-electron chi connectivity index (χ2n) is 6.88. The summed E-state index contributed by atoms with van der Waals surface area (Å²) < 4.78 is 0. The third-order valence-corrected chi connectivity index (χ3v) is 4.64. The molecule has 1 N–H and O–H groups in total. The highest BCUT2D eigenvalue weighted by molar-refractivity contribution is 5.18. The molecule has 0 aliphatic heterocycles. The molecule has 0 spiro atoms. The smallest absolute Gasteiger partial charge is 0.0474 e. The van der Waals surface area contributed by atoms with Crippen molar-refractivity contribution in [3.8, 4) is 0 Å². The fourth-order valence-corrected chi connectivity index (χ4v) is 3.37. The third-order valence-electron chi connectivity index (χ3n) is 4.64. The van der Waals surface area contributed by atoms with Crippen molar-refractivity contribution in [1.29, 1.82) is 0 Å². The van der Waals surface area contributed by atoms with Gasteiger partial charge in [0, 0.05) is 26.2 Å². The fourth-order valence-electron chi connectivity index (χ4n) is 3.37. The van der Waals surface area contributed by atoms with Crippen LogP contribution in [0.25, 0.3) is 0 Å². The Morgan fingerprint density at radius 2 is 1.04 bits per heavy atom. The van der Waals surface area contributed by atoms with Crippen LogP contribution in [0.15, 0.2) is 91.0 Å². The van der Waals surface area contributed by atoms with E-state index in [2.05, 4.69) is 89.8 Å². The molecule has 0 aromatic heterocycles. The molecule has 3 rings (SSSR count). The minimum Gasteiger partial charge on any atom is -0.396 e. The maximum Gasteiger partial charge on any atom is 0.0474 e. The summed E-state index contributed by atoms with van der Waals surface area (Å²) in [6, 6.07) is 31.6. The summed E-state index contributed by atoms with van der Waals surface area (Å²) in [6.45, 7) is 2.85. The largest absolute Gasteiger partial charge is 0.396 e. The van der Waals surface area contributed by atoms with Gasteiger partial charge in [-0.25, -0.2) is 0 Å². The van der Waals surface area contributed by atoms with Gasteiger partial charge in [0.15, 0.2) is 0 Å². The molecule has 0 aliphatic rings. The van der Waals surface area contributed by atoms with Crippen molar-refractivity contribution >= 4 is 0 Å². The third kappa shape index (κ3) is 5.83. The first-order chi connectivity index (χ1) is 12.8. The SMILES string of the molecule is OC[C@H](Cc1ccccc1)CN(Cc1ccccc1)Cc1ccccc1. The quantitative estimate of drug-likeness (QED) is 0.615. The summed E-state index contributed by atoms with van der Waals surface area (Å²) in [5, 5.41) is 9.94. The van der Waals surface area contributed by atoms with Gasteiger partial charge in [-0.15, -0.1) is 0 Å². The molecule has 0 radical (unpaired) electrons. The van der Waals surface area contributed by atoms with E-state index >= 15 is 0 Å². The number of benzene rings is 3. The molecule has 134 valence electrons. The molecule has 0 amide bonds. The summed E-state index contributed by atoms with van der Waals surface area (Å²) in [4.78, 5) is 2.44. The van der Waals surface area contributed by atoms with Gasteiger partial charge in [0.2, 0.25) is 0 Å². The topological polar surface area (TPSA) is 23.5 Å². The Labute approximate surface area is 156 Å². The van der Waals surface area contributed by atoms with Crippen LogP contribution in [0.4, 0.5) is 0 Å². The zero-order valence-corrected chi connectivity index (χ0v) is 15.2. The van der Waals surface area contributed by atoms with Crippen LogP contribution < -0.4 is 0 Å². The molecule has 0 bridgehead atoms. The molecule has 0 saturated carbocycles. The van der Waals surface area contributed by atoms with Gasteiger partial charge >= 0.3 is 0 Å². The number of aliphatic hydroxyl groups excluding tert-OH is 1. The normalized spacial score (nSPS) is 12.2. The molecule has 0 unspecified atom stereocenters. The number of nitrogens with zero attached hydrogens (tertiary/aromatic N) is 1. The van der Waals surface area contributed by atoms with Crippen molar-refractivity contribution in [2.24, 2.45) is 5.92 Å². The molecule has 0 fully saturated rings. The van der Waals surface area contributed by atoms with Gasteiger partial charge in [0.25, 0.3) is 0 Å². The lowest BCUT2D eigenvalue weighted by atomic mass is 9.99. The van der Waals surface area contributed by atoms with Crippen molar-refractivity contribution in [1.82, 2.24) is 4.90 Å². The Morgan fingerprint density at radius 3 is 1.46 bits per heavy atom. The Kier molecular flexibility index (Phi) is 7.00. The van der Waals surface area contributed by atoms with Crippen molar-refractivity contribution in [3.05, 3.63) is 108 Å². The average molecular weight is 345 g/mol. The zero-order valence-electron chi connectivity index (χ0n) is 15.2. The molecule has 1 atom stereocenters. The highest BCUT2D eigenvalue weighted by Gasteiger charge is 2.15. The average Bonchev–Trinajstić information content (AvgIpc) is 2.70. The summed E-state index contributed by atoms with van der Waals surface area (Å²) in [5.41, 5.74) is 3.89. The fraction of sp³-hybridized carbons (Fsp3) is 0.250. The van der Waals surface area contributed by atoms with E-state index < -0.39 is 0 Å². The Hall–Kier alpha value is -2.42. The van der Waals surface area contributed by atoms with Crippen LogP contribution in [0, 0.1) is 5.92 Å². The summed E-state index contributed by atoms with van der Waals surface area (Å²) in [6.07, 6.45) is 0.900. The summed E-state index contributed by atoms with van der Waals surface area (Å²) in [7, 11) is 0. The molecule has 3 aromatic carbocycles. The van der Waals surface area contributed by atoms with Crippen LogP contribution in [0.2, 0.25) is 0 Å². The first kappa shape index (κ1) is 18.4. The van der Waals surface area contributed by atoms with Crippen LogP contribution >= 0.6 is 0 Å². The highest BCUT2D eigenvalue weighted by atomic mass is 16.3. The predicted molar refractivity (Wildman–Crippen MR) is 108 cm³/mol. The molecule has 0 heterocycles. The lowest BCUT2D eigenvalue weighted by molar-refractivity contribution is 0.153. The number of hydrogen-bond acceptors (Lipinski definition) is 2. The maximum absolute atomic E-state index is 9.94. The molecular weight excluding hydrogens is 318 g/mol. The Bertz CT molecular complexity index is 701. The van der Waals surface area contributed by atoms with E-state index in [0.717, 1.165) is 26.1 Å². The first-order valence-corrected chi connectivity index (χ1v) is 9.28. The molecular formula is C24H27NO. The van der Waals surface area contributed by atoms with Crippen LogP contribution in [0.5, 0.6) is 0 Å². The van der Waals surface area contributed by atoms with Gasteiger partial charge in [-0.1, -0.05) is 91.0 Å². The summed E-state index contributed by atoms with van der Waals surface area (Å²) in [5.74, 6) is 0.227. The number of aliphatic hydroxyl groups is 1. The van der Waals surface area contributed by atoms with Crippen molar-refractivity contribution in [3.63, 3.8) is 0 Å². The number of hydrogen-bond donors (Lipinski definition) is 1. The van der Waals surface area contributed by atoms with Gasteiger partial charge in [0.05, 0.1) is 0 Å². The van der Waals surface area contributed by atoms with Crippen molar-refractivity contribution < 1.29 is 5.11 Å². The van der Waals surface area contributed by atoms with Gasteiger partial charge < -0.3 is 5.11 Å². The van der Waals surface area contributed by atoms with E-state index in [9.17, 15) is 5.11 Å². The van der Waals surface area contributed by atoms with Gasteiger partial charge in [0.1, 0.15) is 0 Å². The standard InChI is InChI=1S/C24H27NO/c26-20-24(16-21-10-4-1-5-11-21)19-25(17-22-12-6-2-7-13-22)18-23-14-8-3-9-15-23/h1-15,24,26H,16-20H2/t24-/m1/s1. The second-order valence-corrected chi connectivity index (χ2v) is 6.88. The van der Waals surface area contributed by atoms with Crippen LogP contribution in [-0.2, 0) is 19.5 Å². The van der Waals surface area contributed by atoms with Crippen LogP contribution in [-0.4, -0.2) is 23.2 Å². The van der Waals surface area contributed by atoms with Crippen molar-refractivity contribution in [2.75, 3.05) is 13.2 Å². The van der Waals surface area contributed by atoms with E-state index in [-0.39, 0.29) is 12.5 Å². The van der Waals surface area contributed by atoms with Gasteiger partial charge in [-0.05, 0) is 29.0 Å². The van der Waals surface area contributed by atoms with Crippen LogP contribution in [0.3, 0.4) is 0 Å². The summed E-state index contributed by atoms with van der Waals surface area (Å²) >= 11 is 0. The molecule has 0 aliphatic carbocycles. The monoisotopic (exact) mass is 345 g/mol. The molecule has 3 aromatic rings. The van der Waals surface area contributed by atoms with E-state index in [4.69, 9.17) is 0 Å². The van der Waals surface area contributed by atoms with Crippen LogP contribution in [0.1, 0.15) is 16.7 Å². The second kappa shape index (κ2) is 9.91. The molecule has 26 heavy (non-hydrogen) atoms. The minimum atomic E-state index is 0.203. The molecule has 2 nitrogen and oxygen atoms in total.